The Bertz CT molecular complexity index is 938. The minimum absolute atomic E-state index is 0.230. The average molecular weight is 368 g/mol. The Hall–Kier alpha value is -3.22. The lowest BCUT2D eigenvalue weighted by Gasteiger charge is -2.11. The van der Waals surface area contributed by atoms with Crippen LogP contribution in [0.25, 0.3) is 11.5 Å². The zero-order valence-electron chi connectivity index (χ0n) is 15.2. The first-order valence-electron chi connectivity index (χ1n) is 8.87. The zero-order valence-corrected chi connectivity index (χ0v) is 15.2. The van der Waals surface area contributed by atoms with E-state index in [0.717, 1.165) is 22.6 Å². The van der Waals surface area contributed by atoms with E-state index in [4.69, 9.17) is 23.4 Å². The third kappa shape index (κ3) is 3.67. The molecule has 1 aliphatic rings. The molecule has 0 radical (unpaired) electrons. The van der Waals surface area contributed by atoms with Gasteiger partial charge < -0.3 is 23.4 Å². The Morgan fingerprint density at radius 1 is 0.889 bits per heavy atom. The van der Waals surface area contributed by atoms with E-state index in [-0.39, 0.29) is 6.79 Å². The molecular formula is C20H20N2O5. The quantitative estimate of drug-likeness (QED) is 0.627. The normalized spacial score (nSPS) is 12.2. The van der Waals surface area contributed by atoms with Gasteiger partial charge in [-0.2, -0.15) is 0 Å². The van der Waals surface area contributed by atoms with Gasteiger partial charge in [-0.15, -0.1) is 10.2 Å². The summed E-state index contributed by atoms with van der Waals surface area (Å²) in [5.41, 5.74) is 1.79. The van der Waals surface area contributed by atoms with Gasteiger partial charge in [0, 0.05) is 5.56 Å². The summed E-state index contributed by atoms with van der Waals surface area (Å²) in [6.07, 6.45) is 0.504. The number of ether oxygens (including phenoxy) is 4. The lowest BCUT2D eigenvalue weighted by atomic mass is 10.1. The summed E-state index contributed by atoms with van der Waals surface area (Å²) in [6.45, 7) is 5.27. The first kappa shape index (κ1) is 17.2. The average Bonchev–Trinajstić information content (AvgIpc) is 3.33. The van der Waals surface area contributed by atoms with Gasteiger partial charge in [-0.05, 0) is 49.7 Å². The van der Waals surface area contributed by atoms with Crippen molar-refractivity contribution >= 4 is 0 Å². The van der Waals surface area contributed by atoms with Crippen LogP contribution in [0.1, 0.15) is 25.3 Å². The van der Waals surface area contributed by atoms with Crippen molar-refractivity contribution in [3.63, 3.8) is 0 Å². The van der Waals surface area contributed by atoms with Crippen LogP contribution >= 0.6 is 0 Å². The number of aromatic nitrogens is 2. The Balaban J connectivity index is 1.53. The highest BCUT2D eigenvalue weighted by atomic mass is 16.7. The second-order valence-electron chi connectivity index (χ2n) is 5.89. The molecule has 0 fully saturated rings. The molecule has 0 unspecified atom stereocenters. The Kier molecular flexibility index (Phi) is 4.82. The standard InChI is InChI=1S/C20H20N2O5/c1-3-23-15-7-5-13(9-17(15)24-4-2)10-19-21-22-20(27-19)14-6-8-16-18(11-14)26-12-25-16/h5-9,11H,3-4,10,12H2,1-2H3. The third-order valence-electron chi connectivity index (χ3n) is 4.05. The summed E-state index contributed by atoms with van der Waals surface area (Å²) < 4.78 is 27.8. The summed E-state index contributed by atoms with van der Waals surface area (Å²) in [6, 6.07) is 11.4. The second kappa shape index (κ2) is 7.57. The van der Waals surface area contributed by atoms with Crippen molar-refractivity contribution in [2.75, 3.05) is 20.0 Å². The molecule has 0 N–H and O–H groups in total. The molecule has 0 bridgehead atoms. The number of hydrogen-bond acceptors (Lipinski definition) is 7. The lowest BCUT2D eigenvalue weighted by Crippen LogP contribution is -1.99. The van der Waals surface area contributed by atoms with Gasteiger partial charge in [-0.3, -0.25) is 0 Å². The molecule has 140 valence electrons. The monoisotopic (exact) mass is 368 g/mol. The fourth-order valence-corrected chi connectivity index (χ4v) is 2.85. The number of nitrogens with zero attached hydrogens (tertiary/aromatic N) is 2. The van der Waals surface area contributed by atoms with E-state index >= 15 is 0 Å². The molecule has 1 aromatic heterocycles. The summed E-state index contributed by atoms with van der Waals surface area (Å²) >= 11 is 0. The SMILES string of the molecule is CCOc1ccc(Cc2nnc(-c3ccc4c(c3)OCO4)o2)cc1OCC. The van der Waals surface area contributed by atoms with E-state index in [1.807, 2.05) is 50.2 Å². The molecule has 0 saturated carbocycles. The third-order valence-corrected chi connectivity index (χ3v) is 4.05. The molecule has 0 saturated heterocycles. The first-order chi connectivity index (χ1) is 13.3. The summed E-state index contributed by atoms with van der Waals surface area (Å²) in [7, 11) is 0. The van der Waals surface area contributed by atoms with Crippen molar-refractivity contribution in [2.45, 2.75) is 20.3 Å². The first-order valence-corrected chi connectivity index (χ1v) is 8.87. The second-order valence-corrected chi connectivity index (χ2v) is 5.89. The minimum Gasteiger partial charge on any atom is -0.490 e. The summed E-state index contributed by atoms with van der Waals surface area (Å²) in [5, 5.41) is 8.30. The van der Waals surface area contributed by atoms with Crippen molar-refractivity contribution in [3.05, 3.63) is 47.9 Å². The fraction of sp³-hybridized carbons (Fsp3) is 0.300. The van der Waals surface area contributed by atoms with Crippen LogP contribution in [0.15, 0.2) is 40.8 Å². The maximum Gasteiger partial charge on any atom is 0.247 e. The number of hydrogen-bond donors (Lipinski definition) is 0. The molecule has 0 amide bonds. The van der Waals surface area contributed by atoms with E-state index in [1.165, 1.54) is 0 Å². The van der Waals surface area contributed by atoms with E-state index < -0.39 is 0 Å². The summed E-state index contributed by atoms with van der Waals surface area (Å²) in [5.74, 6) is 3.81. The van der Waals surface area contributed by atoms with Crippen molar-refractivity contribution < 1.29 is 23.4 Å². The number of benzene rings is 2. The molecule has 7 heteroatoms. The van der Waals surface area contributed by atoms with Crippen LogP contribution in [0.5, 0.6) is 23.0 Å². The maximum absolute atomic E-state index is 5.82. The van der Waals surface area contributed by atoms with Gasteiger partial charge in [0.05, 0.1) is 19.6 Å². The van der Waals surface area contributed by atoms with Gasteiger partial charge in [-0.1, -0.05) is 6.07 Å². The molecule has 0 atom stereocenters. The highest BCUT2D eigenvalue weighted by molar-refractivity contribution is 5.60. The zero-order chi connectivity index (χ0) is 18.6. The Labute approximate surface area is 156 Å². The van der Waals surface area contributed by atoms with Gasteiger partial charge in [-0.25, -0.2) is 0 Å². The van der Waals surface area contributed by atoms with Gasteiger partial charge >= 0.3 is 0 Å². The van der Waals surface area contributed by atoms with Crippen LogP contribution in [0.2, 0.25) is 0 Å². The van der Waals surface area contributed by atoms with E-state index in [9.17, 15) is 0 Å². The van der Waals surface area contributed by atoms with Crippen LogP contribution in [0.3, 0.4) is 0 Å². The molecular weight excluding hydrogens is 348 g/mol. The minimum atomic E-state index is 0.230. The van der Waals surface area contributed by atoms with Crippen LogP contribution in [0, 0.1) is 0 Å². The molecule has 0 spiro atoms. The predicted octanol–water partition coefficient (Wildman–Crippen LogP) is 3.85. The Morgan fingerprint density at radius 2 is 1.70 bits per heavy atom. The number of rotatable bonds is 7. The predicted molar refractivity (Wildman–Crippen MR) is 97.4 cm³/mol. The van der Waals surface area contributed by atoms with Crippen LogP contribution in [0.4, 0.5) is 0 Å². The topological polar surface area (TPSA) is 75.8 Å². The molecule has 1 aliphatic heterocycles. The molecule has 0 aliphatic carbocycles. The van der Waals surface area contributed by atoms with Crippen molar-refractivity contribution in [2.24, 2.45) is 0 Å². The Morgan fingerprint density at radius 3 is 2.56 bits per heavy atom. The highest BCUT2D eigenvalue weighted by Crippen LogP contribution is 2.35. The largest absolute Gasteiger partial charge is 0.490 e. The van der Waals surface area contributed by atoms with E-state index in [1.54, 1.807) is 0 Å². The molecule has 2 aromatic carbocycles. The summed E-state index contributed by atoms with van der Waals surface area (Å²) in [4.78, 5) is 0. The van der Waals surface area contributed by atoms with E-state index in [0.29, 0.717) is 42.9 Å². The molecule has 2 heterocycles. The molecule has 7 nitrogen and oxygen atoms in total. The van der Waals surface area contributed by atoms with Crippen molar-refractivity contribution in [1.29, 1.82) is 0 Å². The fourth-order valence-electron chi connectivity index (χ4n) is 2.85. The van der Waals surface area contributed by atoms with Crippen LogP contribution in [-0.2, 0) is 6.42 Å². The molecule has 3 aromatic rings. The van der Waals surface area contributed by atoms with Crippen LogP contribution < -0.4 is 18.9 Å². The highest BCUT2D eigenvalue weighted by Gasteiger charge is 2.17. The van der Waals surface area contributed by atoms with Gasteiger partial charge in [0.2, 0.25) is 18.6 Å². The smallest absolute Gasteiger partial charge is 0.247 e. The van der Waals surface area contributed by atoms with Gasteiger partial charge in [0.25, 0.3) is 0 Å². The van der Waals surface area contributed by atoms with E-state index in [2.05, 4.69) is 10.2 Å². The van der Waals surface area contributed by atoms with Gasteiger partial charge in [0.1, 0.15) is 0 Å². The molecule has 27 heavy (non-hydrogen) atoms. The van der Waals surface area contributed by atoms with Crippen LogP contribution in [-0.4, -0.2) is 30.2 Å². The maximum atomic E-state index is 5.82. The van der Waals surface area contributed by atoms with Crippen molar-refractivity contribution in [1.82, 2.24) is 10.2 Å². The molecule has 4 rings (SSSR count). The van der Waals surface area contributed by atoms with Gasteiger partial charge in [0.15, 0.2) is 23.0 Å². The number of fused-ring (bicyclic) bond motifs is 1. The van der Waals surface area contributed by atoms with Crippen molar-refractivity contribution in [3.8, 4) is 34.5 Å². The lowest BCUT2D eigenvalue weighted by molar-refractivity contribution is 0.174.